The first kappa shape index (κ1) is 23.0. The summed E-state index contributed by atoms with van der Waals surface area (Å²) in [7, 11) is 1.74. The number of piperidine rings is 1. The molecule has 2 atom stereocenters. The van der Waals surface area contributed by atoms with Gasteiger partial charge in [-0.25, -0.2) is 0 Å². The van der Waals surface area contributed by atoms with Crippen LogP contribution < -0.4 is 5.32 Å². The first-order valence-corrected chi connectivity index (χ1v) is 12.6. The number of nitrogens with one attached hydrogen (secondary N) is 1. The quantitative estimate of drug-likeness (QED) is 0.732. The predicted molar refractivity (Wildman–Crippen MR) is 130 cm³/mol. The summed E-state index contributed by atoms with van der Waals surface area (Å²) in [5.41, 5.74) is 2.53. The Balaban J connectivity index is 1.39. The zero-order valence-electron chi connectivity index (χ0n) is 20.3. The van der Waals surface area contributed by atoms with Crippen molar-refractivity contribution in [2.75, 3.05) is 20.2 Å². The fourth-order valence-electron chi connectivity index (χ4n) is 6.69. The average molecular weight is 462 g/mol. The van der Waals surface area contributed by atoms with E-state index in [1.165, 1.54) is 12.0 Å². The van der Waals surface area contributed by atoms with E-state index in [4.69, 9.17) is 4.74 Å². The highest BCUT2D eigenvalue weighted by molar-refractivity contribution is 5.94. The van der Waals surface area contributed by atoms with Gasteiger partial charge in [0.25, 0.3) is 5.91 Å². The first-order valence-electron chi connectivity index (χ1n) is 12.6. The Hall–Kier alpha value is -2.73. The van der Waals surface area contributed by atoms with E-state index in [2.05, 4.69) is 40.3 Å². The van der Waals surface area contributed by atoms with Crippen LogP contribution in [0.15, 0.2) is 48.8 Å². The van der Waals surface area contributed by atoms with Gasteiger partial charge in [0, 0.05) is 49.0 Å². The zero-order valence-corrected chi connectivity index (χ0v) is 20.3. The van der Waals surface area contributed by atoms with E-state index < -0.39 is 0 Å². The minimum absolute atomic E-state index is 0.126. The summed E-state index contributed by atoms with van der Waals surface area (Å²) in [6, 6.07) is 11.6. The zero-order chi connectivity index (χ0) is 23.8. The highest BCUT2D eigenvalue weighted by Crippen LogP contribution is 2.52. The number of methoxy groups -OCH3 is 1. The molecule has 1 aromatic heterocycles. The van der Waals surface area contributed by atoms with Gasteiger partial charge in [0.05, 0.1) is 12.1 Å². The van der Waals surface area contributed by atoms with Crippen molar-refractivity contribution in [1.29, 1.82) is 0 Å². The minimum atomic E-state index is -0.236. The Morgan fingerprint density at radius 2 is 1.68 bits per heavy atom. The minimum Gasteiger partial charge on any atom is -0.378 e. The SMILES string of the molecule is CO[C@H]1[C@H](NC(=O)c2ccncc2)c2ccccc2C12CCN(C(=O)C1(C)CCCCC1)CC2. The van der Waals surface area contributed by atoms with Gasteiger partial charge in [0.15, 0.2) is 0 Å². The molecule has 0 radical (unpaired) electrons. The maximum Gasteiger partial charge on any atom is 0.251 e. The van der Waals surface area contributed by atoms with E-state index in [0.717, 1.165) is 57.2 Å². The summed E-state index contributed by atoms with van der Waals surface area (Å²) in [5.74, 6) is 0.198. The second kappa shape index (κ2) is 9.14. The summed E-state index contributed by atoms with van der Waals surface area (Å²) in [6.45, 7) is 3.62. The van der Waals surface area contributed by atoms with E-state index in [-0.39, 0.29) is 28.9 Å². The standard InChI is InChI=1S/C28H35N3O3/c1-27(12-6-3-7-13-27)26(33)31-18-14-28(15-19-31)22-9-5-4-8-21(22)23(24(28)34-2)30-25(32)20-10-16-29-17-11-20/h4-5,8-11,16-17,23-24H,3,6-7,12-15,18-19H2,1-2H3,(H,30,32)/t23-,24+/m1/s1. The lowest BCUT2D eigenvalue weighted by atomic mass is 9.70. The monoisotopic (exact) mass is 461 g/mol. The van der Waals surface area contributed by atoms with Gasteiger partial charge >= 0.3 is 0 Å². The number of carbonyl (C=O) groups excluding carboxylic acids is 2. The second-order valence-electron chi connectivity index (χ2n) is 10.5. The molecule has 2 amide bonds. The van der Waals surface area contributed by atoms with Gasteiger partial charge in [0.2, 0.25) is 5.91 Å². The fraction of sp³-hybridized carbons (Fsp3) is 0.536. The number of amides is 2. The maximum absolute atomic E-state index is 13.5. The summed E-state index contributed by atoms with van der Waals surface area (Å²) in [4.78, 5) is 32.6. The molecule has 1 aliphatic heterocycles. The Morgan fingerprint density at radius 3 is 2.35 bits per heavy atom. The molecule has 1 N–H and O–H groups in total. The Kier molecular flexibility index (Phi) is 6.19. The van der Waals surface area contributed by atoms with Crippen molar-refractivity contribution >= 4 is 11.8 Å². The molecule has 1 saturated carbocycles. The molecule has 1 aromatic carbocycles. The summed E-state index contributed by atoms with van der Waals surface area (Å²) < 4.78 is 6.14. The third kappa shape index (κ3) is 3.82. The topological polar surface area (TPSA) is 71.5 Å². The van der Waals surface area contributed by atoms with Crippen molar-refractivity contribution in [3.63, 3.8) is 0 Å². The van der Waals surface area contributed by atoms with Crippen LogP contribution in [-0.4, -0.2) is 48.0 Å². The summed E-state index contributed by atoms with van der Waals surface area (Å²) >= 11 is 0. The second-order valence-corrected chi connectivity index (χ2v) is 10.5. The van der Waals surface area contributed by atoms with Crippen LogP contribution in [0, 0.1) is 5.41 Å². The molecule has 180 valence electrons. The number of carbonyl (C=O) groups is 2. The summed E-state index contributed by atoms with van der Waals surface area (Å²) in [5, 5.41) is 3.24. The number of aromatic nitrogens is 1. The third-order valence-corrected chi connectivity index (χ3v) is 8.58. The van der Waals surface area contributed by atoms with Gasteiger partial charge < -0.3 is 15.0 Å². The van der Waals surface area contributed by atoms with Crippen LogP contribution in [0.1, 0.15) is 79.4 Å². The smallest absolute Gasteiger partial charge is 0.251 e. The van der Waals surface area contributed by atoms with Crippen LogP contribution in [-0.2, 0) is 14.9 Å². The van der Waals surface area contributed by atoms with E-state index in [0.29, 0.717) is 11.5 Å². The van der Waals surface area contributed by atoms with Crippen LogP contribution >= 0.6 is 0 Å². The largest absolute Gasteiger partial charge is 0.378 e. The van der Waals surface area contributed by atoms with E-state index in [9.17, 15) is 9.59 Å². The molecule has 2 heterocycles. The molecule has 1 saturated heterocycles. The number of rotatable bonds is 4. The number of hydrogen-bond acceptors (Lipinski definition) is 4. The molecule has 6 heteroatoms. The fourth-order valence-corrected chi connectivity index (χ4v) is 6.69. The lowest BCUT2D eigenvalue weighted by Gasteiger charge is -2.46. The molecule has 0 bridgehead atoms. The molecular weight excluding hydrogens is 426 g/mol. The Bertz CT molecular complexity index is 1040. The first-order chi connectivity index (χ1) is 16.5. The van der Waals surface area contributed by atoms with Crippen molar-refractivity contribution < 1.29 is 14.3 Å². The molecule has 2 aliphatic carbocycles. The van der Waals surface area contributed by atoms with Crippen LogP contribution in [0.2, 0.25) is 0 Å². The lowest BCUT2D eigenvalue weighted by molar-refractivity contribution is -0.145. The number of likely N-dealkylation sites (tertiary alicyclic amines) is 1. The molecule has 34 heavy (non-hydrogen) atoms. The predicted octanol–water partition coefficient (Wildman–Crippen LogP) is 4.41. The van der Waals surface area contributed by atoms with Crippen molar-refractivity contribution in [3.05, 3.63) is 65.5 Å². The number of ether oxygens (including phenoxy) is 1. The molecule has 0 unspecified atom stereocenters. The van der Waals surface area contributed by atoms with Gasteiger partial charge in [-0.15, -0.1) is 0 Å². The van der Waals surface area contributed by atoms with Gasteiger partial charge in [-0.05, 0) is 48.9 Å². The normalized spacial score (nSPS) is 25.1. The molecule has 5 rings (SSSR count). The van der Waals surface area contributed by atoms with E-state index >= 15 is 0 Å². The van der Waals surface area contributed by atoms with Crippen molar-refractivity contribution in [2.45, 2.75) is 69.4 Å². The average Bonchev–Trinajstić information content (AvgIpc) is 3.13. The molecule has 6 nitrogen and oxygen atoms in total. The molecule has 1 spiro atoms. The molecule has 2 fully saturated rings. The van der Waals surface area contributed by atoms with Crippen molar-refractivity contribution in [1.82, 2.24) is 15.2 Å². The maximum atomic E-state index is 13.5. The third-order valence-electron chi connectivity index (χ3n) is 8.58. The van der Waals surface area contributed by atoms with E-state index in [1.807, 2.05) is 6.07 Å². The van der Waals surface area contributed by atoms with E-state index in [1.54, 1.807) is 31.6 Å². The van der Waals surface area contributed by atoms with Gasteiger partial charge in [-0.3, -0.25) is 14.6 Å². The lowest BCUT2D eigenvalue weighted by Crippen LogP contribution is -2.54. The highest BCUT2D eigenvalue weighted by atomic mass is 16.5. The number of nitrogens with zero attached hydrogens (tertiary/aromatic N) is 2. The van der Waals surface area contributed by atoms with Gasteiger partial charge in [0.1, 0.15) is 0 Å². The molecule has 2 aromatic rings. The number of benzene rings is 1. The van der Waals surface area contributed by atoms with Crippen LogP contribution in [0.5, 0.6) is 0 Å². The van der Waals surface area contributed by atoms with Gasteiger partial charge in [-0.2, -0.15) is 0 Å². The summed E-state index contributed by atoms with van der Waals surface area (Å²) in [6.07, 6.45) is 10.3. The number of fused-ring (bicyclic) bond motifs is 2. The van der Waals surface area contributed by atoms with Crippen molar-refractivity contribution in [2.24, 2.45) is 5.41 Å². The Morgan fingerprint density at radius 1 is 1.00 bits per heavy atom. The van der Waals surface area contributed by atoms with Crippen LogP contribution in [0.25, 0.3) is 0 Å². The highest BCUT2D eigenvalue weighted by Gasteiger charge is 2.55. The Labute approximate surface area is 202 Å². The van der Waals surface area contributed by atoms with Crippen LogP contribution in [0.3, 0.4) is 0 Å². The number of pyridine rings is 1. The molecule has 3 aliphatic rings. The van der Waals surface area contributed by atoms with Gasteiger partial charge in [-0.1, -0.05) is 50.5 Å². The van der Waals surface area contributed by atoms with Crippen LogP contribution in [0.4, 0.5) is 0 Å². The number of hydrogen-bond donors (Lipinski definition) is 1. The molecular formula is C28H35N3O3. The van der Waals surface area contributed by atoms with Crippen molar-refractivity contribution in [3.8, 4) is 0 Å².